The summed E-state index contributed by atoms with van der Waals surface area (Å²) in [6.45, 7) is 0. The Balaban J connectivity index is 1.88. The molecule has 4 rings (SSSR count). The van der Waals surface area contributed by atoms with Crippen LogP contribution < -0.4 is 5.32 Å². The lowest BCUT2D eigenvalue weighted by Gasteiger charge is -2.15. The number of hydrogen-bond donors (Lipinski definition) is 1. The number of thiazole rings is 1. The lowest BCUT2D eigenvalue weighted by molar-refractivity contribution is -0.107. The summed E-state index contributed by atoms with van der Waals surface area (Å²) in [6, 6.07) is 3.81. The molecule has 2 heterocycles. The van der Waals surface area contributed by atoms with E-state index in [9.17, 15) is 13.6 Å². The highest BCUT2D eigenvalue weighted by Gasteiger charge is 2.24. The third-order valence-electron chi connectivity index (χ3n) is 4.61. The number of carbonyl (C=O) groups excluding carboxylic acids is 1. The smallest absolute Gasteiger partial charge is 0.196 e. The first kappa shape index (κ1) is 16.2. The van der Waals surface area contributed by atoms with E-state index in [1.807, 2.05) is 9.78 Å². The standard InChI is InChI=1S/C18H17F2N3OS/c19-11-5-6-14(15(20)9-11)16-17(21-12-3-1-2-4-12)23-13(7-8-24)10-25-18(23)22-16/h5-6,8-10,12,21H,1-4,7H2. The van der Waals surface area contributed by atoms with Crippen LogP contribution in [0.25, 0.3) is 16.2 Å². The summed E-state index contributed by atoms with van der Waals surface area (Å²) in [5.41, 5.74) is 1.54. The molecular weight excluding hydrogens is 344 g/mol. The van der Waals surface area contributed by atoms with E-state index in [-0.39, 0.29) is 12.0 Å². The Morgan fingerprint density at radius 2 is 2.12 bits per heavy atom. The molecule has 1 aromatic carbocycles. The Morgan fingerprint density at radius 1 is 1.32 bits per heavy atom. The molecule has 2 aromatic heterocycles. The molecular formula is C18H17F2N3OS. The van der Waals surface area contributed by atoms with Crippen LogP contribution in [0.3, 0.4) is 0 Å². The second kappa shape index (κ2) is 6.55. The van der Waals surface area contributed by atoms with Crippen LogP contribution in [0, 0.1) is 11.6 Å². The van der Waals surface area contributed by atoms with Gasteiger partial charge in [-0.05, 0) is 25.0 Å². The first-order valence-corrected chi connectivity index (χ1v) is 9.19. The van der Waals surface area contributed by atoms with Crippen molar-refractivity contribution in [3.63, 3.8) is 0 Å². The van der Waals surface area contributed by atoms with Gasteiger partial charge in [0.1, 0.15) is 29.4 Å². The fourth-order valence-corrected chi connectivity index (χ4v) is 4.31. The third kappa shape index (κ3) is 2.93. The third-order valence-corrected chi connectivity index (χ3v) is 5.48. The van der Waals surface area contributed by atoms with Crippen molar-refractivity contribution in [3.05, 3.63) is 40.9 Å². The van der Waals surface area contributed by atoms with Crippen molar-refractivity contribution < 1.29 is 13.6 Å². The molecule has 0 saturated heterocycles. The van der Waals surface area contributed by atoms with Crippen LogP contribution in [-0.2, 0) is 11.2 Å². The molecule has 1 saturated carbocycles. The lowest BCUT2D eigenvalue weighted by atomic mass is 10.1. The molecule has 4 nitrogen and oxygen atoms in total. The number of aromatic nitrogens is 2. The van der Waals surface area contributed by atoms with Crippen LogP contribution in [-0.4, -0.2) is 21.7 Å². The maximum absolute atomic E-state index is 14.3. The van der Waals surface area contributed by atoms with Gasteiger partial charge in [0.05, 0.1) is 0 Å². The van der Waals surface area contributed by atoms with Crippen LogP contribution >= 0.6 is 11.3 Å². The van der Waals surface area contributed by atoms with Crippen molar-refractivity contribution in [1.29, 1.82) is 0 Å². The minimum atomic E-state index is -0.642. The molecule has 0 unspecified atom stereocenters. The van der Waals surface area contributed by atoms with E-state index in [2.05, 4.69) is 10.3 Å². The number of aldehydes is 1. The van der Waals surface area contributed by atoms with Crippen LogP contribution in [0.1, 0.15) is 31.4 Å². The average molecular weight is 361 g/mol. The number of fused-ring (bicyclic) bond motifs is 1. The van der Waals surface area contributed by atoms with Crippen LogP contribution in [0.5, 0.6) is 0 Å². The predicted molar refractivity (Wildman–Crippen MR) is 94.1 cm³/mol. The molecule has 1 N–H and O–H groups in total. The summed E-state index contributed by atoms with van der Waals surface area (Å²) < 4.78 is 29.5. The van der Waals surface area contributed by atoms with E-state index in [4.69, 9.17) is 0 Å². The fourth-order valence-electron chi connectivity index (χ4n) is 3.41. The monoisotopic (exact) mass is 361 g/mol. The molecule has 1 aliphatic rings. The average Bonchev–Trinajstić information content (AvgIpc) is 3.28. The maximum Gasteiger partial charge on any atom is 0.196 e. The van der Waals surface area contributed by atoms with Crippen LogP contribution in [0.2, 0.25) is 0 Å². The minimum absolute atomic E-state index is 0.259. The highest BCUT2D eigenvalue weighted by molar-refractivity contribution is 7.15. The molecule has 0 atom stereocenters. The largest absolute Gasteiger partial charge is 0.367 e. The topological polar surface area (TPSA) is 46.4 Å². The summed E-state index contributed by atoms with van der Waals surface area (Å²) >= 11 is 1.41. The quantitative estimate of drug-likeness (QED) is 0.684. The van der Waals surface area contributed by atoms with Crippen molar-refractivity contribution in [2.24, 2.45) is 0 Å². The zero-order valence-corrected chi connectivity index (χ0v) is 14.3. The first-order chi connectivity index (χ1) is 12.2. The number of hydrogen-bond acceptors (Lipinski definition) is 4. The summed E-state index contributed by atoms with van der Waals surface area (Å²) in [5, 5.41) is 5.38. The fraction of sp³-hybridized carbons (Fsp3) is 0.333. The molecule has 0 spiro atoms. The van der Waals surface area contributed by atoms with Crippen LogP contribution in [0.4, 0.5) is 14.6 Å². The Kier molecular flexibility index (Phi) is 4.25. The predicted octanol–water partition coefficient (Wildman–Crippen LogP) is 4.44. The van der Waals surface area contributed by atoms with Gasteiger partial charge in [-0.15, -0.1) is 11.3 Å². The Hall–Kier alpha value is -2.28. The molecule has 0 bridgehead atoms. The Morgan fingerprint density at radius 3 is 2.84 bits per heavy atom. The van der Waals surface area contributed by atoms with Gasteiger partial charge in [0.2, 0.25) is 0 Å². The summed E-state index contributed by atoms with van der Waals surface area (Å²) in [7, 11) is 0. The van der Waals surface area contributed by atoms with E-state index >= 15 is 0 Å². The molecule has 3 aromatic rings. The molecule has 7 heteroatoms. The number of nitrogens with zero attached hydrogens (tertiary/aromatic N) is 2. The number of rotatable bonds is 5. The van der Waals surface area contributed by atoms with Gasteiger partial charge in [-0.25, -0.2) is 13.8 Å². The van der Waals surface area contributed by atoms with E-state index in [1.54, 1.807) is 0 Å². The Labute approximate surface area is 147 Å². The van der Waals surface area contributed by atoms with E-state index < -0.39 is 11.6 Å². The SMILES string of the molecule is O=CCc1csc2nc(-c3ccc(F)cc3F)c(NC3CCCC3)n12. The maximum atomic E-state index is 14.3. The number of halogens is 2. The number of anilines is 1. The molecule has 0 radical (unpaired) electrons. The van der Waals surface area contributed by atoms with E-state index in [0.29, 0.717) is 22.5 Å². The second-order valence-corrected chi connectivity index (χ2v) is 7.11. The molecule has 0 amide bonds. The van der Waals surface area contributed by atoms with Crippen LogP contribution in [0.15, 0.2) is 23.6 Å². The highest BCUT2D eigenvalue weighted by atomic mass is 32.1. The van der Waals surface area contributed by atoms with Crippen molar-refractivity contribution >= 4 is 28.4 Å². The number of nitrogens with one attached hydrogen (secondary N) is 1. The van der Waals surface area contributed by atoms with Crippen molar-refractivity contribution in [1.82, 2.24) is 9.38 Å². The van der Waals surface area contributed by atoms with Crippen molar-refractivity contribution in [2.75, 3.05) is 5.32 Å². The normalized spacial score (nSPS) is 15.1. The van der Waals surface area contributed by atoms with Crippen molar-refractivity contribution in [2.45, 2.75) is 38.1 Å². The number of imidazole rings is 1. The highest BCUT2D eigenvalue weighted by Crippen LogP contribution is 2.36. The number of carbonyl (C=O) groups is 1. The summed E-state index contributed by atoms with van der Waals surface area (Å²) in [5.74, 6) is -0.572. The van der Waals surface area contributed by atoms with Gasteiger partial charge in [0.25, 0.3) is 0 Å². The number of benzene rings is 1. The van der Waals surface area contributed by atoms with Gasteiger partial charge in [0, 0.05) is 35.2 Å². The van der Waals surface area contributed by atoms with Gasteiger partial charge in [-0.1, -0.05) is 12.8 Å². The zero-order valence-electron chi connectivity index (χ0n) is 13.5. The molecule has 1 aliphatic carbocycles. The zero-order chi connectivity index (χ0) is 17.4. The van der Waals surface area contributed by atoms with Gasteiger partial charge >= 0.3 is 0 Å². The molecule has 25 heavy (non-hydrogen) atoms. The molecule has 0 aliphatic heterocycles. The Bertz CT molecular complexity index is 928. The van der Waals surface area contributed by atoms with Gasteiger partial charge in [-0.3, -0.25) is 4.40 Å². The summed E-state index contributed by atoms with van der Waals surface area (Å²) in [6.07, 6.45) is 5.52. The van der Waals surface area contributed by atoms with E-state index in [1.165, 1.54) is 23.5 Å². The molecule has 130 valence electrons. The molecule has 1 fully saturated rings. The van der Waals surface area contributed by atoms with Gasteiger partial charge in [-0.2, -0.15) is 0 Å². The van der Waals surface area contributed by atoms with E-state index in [0.717, 1.165) is 43.7 Å². The minimum Gasteiger partial charge on any atom is -0.367 e. The second-order valence-electron chi connectivity index (χ2n) is 6.27. The van der Waals surface area contributed by atoms with Crippen molar-refractivity contribution in [3.8, 4) is 11.3 Å². The van der Waals surface area contributed by atoms with Gasteiger partial charge < -0.3 is 10.1 Å². The summed E-state index contributed by atoms with van der Waals surface area (Å²) in [4.78, 5) is 16.2. The first-order valence-electron chi connectivity index (χ1n) is 8.32. The lowest BCUT2D eigenvalue weighted by Crippen LogP contribution is -2.17. The van der Waals surface area contributed by atoms with Gasteiger partial charge in [0.15, 0.2) is 4.96 Å².